The number of amides is 2. The van der Waals surface area contributed by atoms with Crippen LogP contribution >= 0.6 is 0 Å². The average molecular weight is 1370 g/mol. The molecule has 0 saturated heterocycles. The monoisotopic (exact) mass is 1370 g/mol. The lowest BCUT2D eigenvalue weighted by molar-refractivity contribution is -0.150. The van der Waals surface area contributed by atoms with Crippen molar-refractivity contribution < 1.29 is 103 Å². The van der Waals surface area contributed by atoms with Crippen LogP contribution in [0, 0.1) is 10.8 Å². The molecule has 0 saturated carbocycles. The number of carbonyl (C=O) groups is 8. The van der Waals surface area contributed by atoms with Gasteiger partial charge in [-0.15, -0.1) is 0 Å². The largest absolute Gasteiger partial charge is 0.494 e. The number of hydrogen-bond acceptors (Lipinski definition) is 24. The highest BCUT2D eigenvalue weighted by Crippen LogP contribution is 2.25. The minimum Gasteiger partial charge on any atom is -0.494 e. The average Bonchev–Trinajstić information content (AvgIpc) is 1.19. The highest BCUT2D eigenvalue weighted by atomic mass is 32.2. The zero-order valence-electron chi connectivity index (χ0n) is 54.2. The lowest BCUT2D eigenvalue weighted by atomic mass is 9.89. The van der Waals surface area contributed by atoms with Crippen LogP contribution in [0.5, 0.6) is 11.5 Å². The van der Waals surface area contributed by atoms with Crippen molar-refractivity contribution in [1.29, 1.82) is 0 Å². The number of esters is 4. The molecule has 526 valence electrons. The van der Waals surface area contributed by atoms with Gasteiger partial charge in [-0.1, -0.05) is 27.7 Å². The Balaban J connectivity index is 0.949. The van der Waals surface area contributed by atoms with Crippen LogP contribution in [0.1, 0.15) is 138 Å². The summed E-state index contributed by atoms with van der Waals surface area (Å²) in [5, 5.41) is 30.7. The van der Waals surface area contributed by atoms with Crippen molar-refractivity contribution in [3.63, 3.8) is 0 Å². The molecule has 0 aliphatic carbocycles. The van der Waals surface area contributed by atoms with Crippen LogP contribution in [0.25, 0.3) is 0 Å². The second kappa shape index (κ2) is 42.0. The van der Waals surface area contributed by atoms with Crippen LogP contribution in [-0.2, 0) is 77.2 Å². The molecule has 0 unspecified atom stereocenters. The van der Waals surface area contributed by atoms with Crippen LogP contribution in [0.2, 0.25) is 0 Å². The molecule has 30 nitrogen and oxygen atoms in total. The maximum Gasteiger partial charge on any atom is 0.323 e. The predicted molar refractivity (Wildman–Crippen MR) is 344 cm³/mol. The number of sulfonamides is 2. The third-order valence-electron chi connectivity index (χ3n) is 14.2. The van der Waals surface area contributed by atoms with Gasteiger partial charge in [-0.3, -0.25) is 48.3 Å². The van der Waals surface area contributed by atoms with Gasteiger partial charge in [0.2, 0.25) is 20.0 Å². The fourth-order valence-electron chi connectivity index (χ4n) is 8.70. The summed E-state index contributed by atoms with van der Waals surface area (Å²) in [6.07, 6.45) is 4.74. The number of carboxylic acids is 2. The molecule has 32 heteroatoms. The lowest BCUT2D eigenvalue weighted by Gasteiger charge is -2.23. The highest BCUT2D eigenvalue weighted by Gasteiger charge is 2.29. The molecule has 2 aliphatic heterocycles. The van der Waals surface area contributed by atoms with E-state index in [1.807, 2.05) is 0 Å². The Morgan fingerprint density at radius 3 is 1.21 bits per heavy atom. The first-order chi connectivity index (χ1) is 44.7. The first-order valence-corrected chi connectivity index (χ1v) is 34.8. The van der Waals surface area contributed by atoms with E-state index in [0.29, 0.717) is 37.6 Å². The van der Waals surface area contributed by atoms with E-state index < -0.39 is 115 Å². The van der Waals surface area contributed by atoms with Crippen LogP contribution in [0.3, 0.4) is 0 Å². The second-order valence-electron chi connectivity index (χ2n) is 23.8. The van der Waals surface area contributed by atoms with Crippen LogP contribution < -0.4 is 40.2 Å². The van der Waals surface area contributed by atoms with E-state index in [0.717, 1.165) is 76.4 Å². The SMILES string of the molecule is CC(C)(CCC(=O)OCCOCCOCCOC(=O)CCC(C)(C)COC(=O)CCCS(=O)(=O)N[C@@H](CNC(=O)c1ccc(OCCCC2=NCCCN2)cc1)C(=O)O)COC(=O)CCCS(=O)(=O)N[C@@H](CNC(=O)c1ccc(OCCCC2=NCCCN2)cc1)C(=O)O. The first-order valence-electron chi connectivity index (χ1n) is 31.5. The zero-order valence-corrected chi connectivity index (χ0v) is 55.8. The molecule has 2 aromatic carbocycles. The van der Waals surface area contributed by atoms with Gasteiger partial charge in [0.25, 0.3) is 11.8 Å². The standard InChI is InChI=1S/C62H94N8O22S2/c1-61(2,43-91-53(71)13-7-39-93(81,82)69-49(59(77)78)41-67-57(75)45-15-19-47(20-16-45)87-31-5-11-51-63-27-9-28-64-51)25-23-55(73)89-37-35-85-33-34-86-36-38-90-56(74)24-26-62(3,4)44-92-54(72)14-8-40-94(83,84)70-50(60(79)80)42-68-58(76)46-17-21-48(22-18-46)88-32-6-12-52-65-29-10-30-66-52/h15-22,49-50,69-70H,5-14,23-44H2,1-4H3,(H,63,64)(H,65,66)(H,67,75)(H,68,76)(H,77,78)(H,79,80)/t49-,50-/m0/s1. The van der Waals surface area contributed by atoms with Gasteiger partial charge in [0.15, 0.2) is 0 Å². The summed E-state index contributed by atoms with van der Waals surface area (Å²) in [5.41, 5.74) is -0.861. The predicted octanol–water partition coefficient (Wildman–Crippen LogP) is 3.07. The lowest BCUT2D eigenvalue weighted by Crippen LogP contribution is -2.49. The minimum absolute atomic E-state index is 0.0111. The Labute approximate surface area is 549 Å². The second-order valence-corrected chi connectivity index (χ2v) is 27.5. The van der Waals surface area contributed by atoms with E-state index in [1.54, 1.807) is 52.0 Å². The Morgan fingerprint density at radius 1 is 0.500 bits per heavy atom. The number of amidine groups is 2. The number of aliphatic carboxylic acids is 2. The van der Waals surface area contributed by atoms with Gasteiger partial charge in [0.05, 0.1) is 76.0 Å². The number of benzene rings is 2. The normalized spacial score (nSPS) is 14.1. The summed E-state index contributed by atoms with van der Waals surface area (Å²) in [4.78, 5) is 108. The van der Waals surface area contributed by atoms with Crippen molar-refractivity contribution in [3.05, 3.63) is 59.7 Å². The summed E-state index contributed by atoms with van der Waals surface area (Å²) >= 11 is 0. The Morgan fingerprint density at radius 2 is 0.862 bits per heavy atom. The van der Waals surface area contributed by atoms with E-state index >= 15 is 0 Å². The molecule has 2 aromatic rings. The number of carbonyl (C=O) groups excluding carboxylic acids is 6. The molecular formula is C62H94N8O22S2. The smallest absolute Gasteiger partial charge is 0.323 e. The molecule has 0 fully saturated rings. The molecule has 0 radical (unpaired) electrons. The molecule has 8 N–H and O–H groups in total. The maximum atomic E-state index is 12.7. The zero-order chi connectivity index (χ0) is 68.8. The van der Waals surface area contributed by atoms with Gasteiger partial charge in [-0.2, -0.15) is 9.44 Å². The number of nitrogens with one attached hydrogen (secondary N) is 6. The molecule has 0 bridgehead atoms. The van der Waals surface area contributed by atoms with Crippen LogP contribution in [0.4, 0.5) is 0 Å². The number of rotatable bonds is 49. The van der Waals surface area contributed by atoms with Crippen LogP contribution in [0.15, 0.2) is 58.5 Å². The van der Waals surface area contributed by atoms with Crippen LogP contribution in [-0.4, -0.2) is 215 Å². The maximum absolute atomic E-state index is 12.7. The Kier molecular flexibility index (Phi) is 35.3. The summed E-state index contributed by atoms with van der Waals surface area (Å²) in [6.45, 7) is 10.6. The van der Waals surface area contributed by atoms with E-state index in [4.69, 9.17) is 37.9 Å². The summed E-state index contributed by atoms with van der Waals surface area (Å²) in [6, 6.07) is 9.07. The number of ether oxygens (including phenoxy) is 8. The van der Waals surface area contributed by atoms with Crippen molar-refractivity contribution in [2.24, 2.45) is 20.8 Å². The van der Waals surface area contributed by atoms with Crippen molar-refractivity contribution in [2.75, 3.05) is 117 Å². The molecule has 2 heterocycles. The summed E-state index contributed by atoms with van der Waals surface area (Å²) in [7, 11) is -8.39. The molecule has 0 spiro atoms. The van der Waals surface area contributed by atoms with Gasteiger partial charge in [0, 0.05) is 88.9 Å². The molecule has 2 amide bonds. The fourth-order valence-corrected chi connectivity index (χ4v) is 11.2. The molecule has 2 atom stereocenters. The fraction of sp³-hybridized carbons (Fsp3) is 0.645. The van der Waals surface area contributed by atoms with E-state index in [2.05, 4.69) is 40.7 Å². The molecule has 2 aliphatic rings. The first kappa shape index (κ1) is 78.9. The molecule has 0 aromatic heterocycles. The van der Waals surface area contributed by atoms with Gasteiger partial charge < -0.3 is 69.4 Å². The Bertz CT molecular complexity index is 2840. The third kappa shape index (κ3) is 35.1. The van der Waals surface area contributed by atoms with Crippen molar-refractivity contribution in [3.8, 4) is 11.5 Å². The van der Waals surface area contributed by atoms with Gasteiger partial charge in [-0.05, 0) is 111 Å². The van der Waals surface area contributed by atoms with Gasteiger partial charge in [-0.25, -0.2) is 16.8 Å². The van der Waals surface area contributed by atoms with Crippen molar-refractivity contribution in [2.45, 2.75) is 130 Å². The van der Waals surface area contributed by atoms with E-state index in [9.17, 15) is 65.4 Å². The molecule has 94 heavy (non-hydrogen) atoms. The number of aliphatic imine (C=N–C) groups is 2. The number of carboxylic acid groups (broad SMARTS) is 2. The van der Waals surface area contributed by atoms with E-state index in [-0.39, 0.29) is 103 Å². The highest BCUT2D eigenvalue weighted by molar-refractivity contribution is 7.89. The summed E-state index contributed by atoms with van der Waals surface area (Å²) < 4.78 is 98.5. The minimum atomic E-state index is -4.20. The quantitative estimate of drug-likeness (QED) is 0.0268. The van der Waals surface area contributed by atoms with Crippen molar-refractivity contribution >= 4 is 79.3 Å². The van der Waals surface area contributed by atoms with Crippen molar-refractivity contribution in [1.82, 2.24) is 30.7 Å². The third-order valence-corrected chi connectivity index (χ3v) is 17.1. The summed E-state index contributed by atoms with van der Waals surface area (Å²) in [5.74, 6) is -4.82. The Hall–Kier alpha value is -7.52. The number of hydrogen-bond donors (Lipinski definition) is 8. The molecule has 4 rings (SSSR count). The van der Waals surface area contributed by atoms with Gasteiger partial charge >= 0.3 is 35.8 Å². The topological polar surface area (TPSA) is 416 Å². The number of nitrogens with zero attached hydrogens (tertiary/aromatic N) is 2. The van der Waals surface area contributed by atoms with Gasteiger partial charge in [0.1, 0.15) is 36.8 Å². The van der Waals surface area contributed by atoms with E-state index in [1.165, 1.54) is 24.3 Å². The molecular weight excluding hydrogens is 1270 g/mol.